The molecule has 3 heterocycles. The number of nitrogen functional groups attached to an aromatic ring is 1. The van der Waals surface area contributed by atoms with Gasteiger partial charge in [-0.15, -0.1) is 10.2 Å². The average Bonchev–Trinajstić information content (AvgIpc) is 3.10. The average molecular weight is 400 g/mol. The Morgan fingerprint density at radius 1 is 1.19 bits per heavy atom. The molecule has 0 saturated carbocycles. The molecule has 2 fully saturated rings. The van der Waals surface area contributed by atoms with E-state index in [0.717, 1.165) is 36.7 Å². The highest BCUT2D eigenvalue weighted by molar-refractivity contribution is 8.01. The molecule has 0 aliphatic carbocycles. The number of carbonyl (C=O) groups excluding carboxylic acids is 2. The standard InChI is InChI=1S/C16H25N5O3S2/c17-15-18-19-16(26-15)25-11-14(23)21-5-1-2-12(10-21)3-4-13(22)20-6-8-24-9-7-20/h12H,1-11H2,(H2,17,18)/t12-/m1/s1. The van der Waals surface area contributed by atoms with E-state index in [1.807, 2.05) is 9.80 Å². The SMILES string of the molecule is Nc1nnc(SCC(=O)N2CCC[C@H](CCC(=O)N3CCOCC3)C2)s1. The molecule has 0 spiro atoms. The molecule has 2 amide bonds. The maximum absolute atomic E-state index is 12.5. The van der Waals surface area contributed by atoms with Crippen molar-refractivity contribution in [2.45, 2.75) is 30.0 Å². The van der Waals surface area contributed by atoms with Gasteiger partial charge in [0.2, 0.25) is 16.9 Å². The number of hydrogen-bond donors (Lipinski definition) is 1. The van der Waals surface area contributed by atoms with E-state index in [4.69, 9.17) is 10.5 Å². The third-order valence-electron chi connectivity index (χ3n) is 4.74. The fraction of sp³-hybridized carbons (Fsp3) is 0.750. The molecule has 0 bridgehead atoms. The van der Waals surface area contributed by atoms with E-state index in [1.54, 1.807) is 0 Å². The zero-order chi connectivity index (χ0) is 18.4. The van der Waals surface area contributed by atoms with Gasteiger partial charge in [-0.1, -0.05) is 23.1 Å². The molecule has 8 nitrogen and oxygen atoms in total. The molecule has 2 N–H and O–H groups in total. The lowest BCUT2D eigenvalue weighted by Gasteiger charge is -2.33. The first-order valence-electron chi connectivity index (χ1n) is 8.97. The van der Waals surface area contributed by atoms with Crippen molar-refractivity contribution in [1.29, 1.82) is 0 Å². The minimum Gasteiger partial charge on any atom is -0.378 e. The lowest BCUT2D eigenvalue weighted by atomic mass is 9.93. The van der Waals surface area contributed by atoms with Crippen LogP contribution in [0.2, 0.25) is 0 Å². The van der Waals surface area contributed by atoms with Crippen LogP contribution in [-0.2, 0) is 14.3 Å². The van der Waals surface area contributed by atoms with Gasteiger partial charge in [0, 0.05) is 32.6 Å². The van der Waals surface area contributed by atoms with E-state index in [2.05, 4.69) is 10.2 Å². The Kier molecular flexibility index (Phi) is 7.09. The summed E-state index contributed by atoms with van der Waals surface area (Å²) in [5.41, 5.74) is 5.56. The summed E-state index contributed by atoms with van der Waals surface area (Å²) in [4.78, 5) is 28.5. The van der Waals surface area contributed by atoms with Gasteiger partial charge in [0.25, 0.3) is 0 Å². The van der Waals surface area contributed by atoms with Crippen LogP contribution in [0.25, 0.3) is 0 Å². The van der Waals surface area contributed by atoms with E-state index >= 15 is 0 Å². The highest BCUT2D eigenvalue weighted by Crippen LogP contribution is 2.26. The number of aromatic nitrogens is 2. The van der Waals surface area contributed by atoms with Crippen molar-refractivity contribution in [2.24, 2.45) is 5.92 Å². The normalized spacial score (nSPS) is 21.0. The fourth-order valence-corrected chi connectivity index (χ4v) is 4.86. The molecule has 26 heavy (non-hydrogen) atoms. The minimum atomic E-state index is 0.118. The van der Waals surface area contributed by atoms with E-state index in [-0.39, 0.29) is 11.8 Å². The molecule has 2 saturated heterocycles. The number of thioether (sulfide) groups is 1. The van der Waals surface area contributed by atoms with Crippen LogP contribution in [0, 0.1) is 5.92 Å². The maximum atomic E-state index is 12.5. The van der Waals surface area contributed by atoms with Crippen molar-refractivity contribution in [3.8, 4) is 0 Å². The fourth-order valence-electron chi connectivity index (χ4n) is 3.32. The molecule has 144 valence electrons. The molecule has 3 rings (SSSR count). The Balaban J connectivity index is 1.40. The highest BCUT2D eigenvalue weighted by Gasteiger charge is 2.25. The summed E-state index contributed by atoms with van der Waals surface area (Å²) >= 11 is 2.68. The molecule has 1 aromatic heterocycles. The summed E-state index contributed by atoms with van der Waals surface area (Å²) in [6.45, 7) is 4.20. The van der Waals surface area contributed by atoms with Crippen LogP contribution in [0.3, 0.4) is 0 Å². The Morgan fingerprint density at radius 2 is 2.00 bits per heavy atom. The number of piperidine rings is 1. The molecule has 2 aliphatic heterocycles. The first-order valence-corrected chi connectivity index (χ1v) is 10.8. The third-order valence-corrected chi connectivity index (χ3v) is 6.61. The monoisotopic (exact) mass is 399 g/mol. The molecular weight excluding hydrogens is 374 g/mol. The van der Waals surface area contributed by atoms with Gasteiger partial charge in [-0.2, -0.15) is 0 Å². The van der Waals surface area contributed by atoms with Gasteiger partial charge >= 0.3 is 0 Å². The number of nitrogens with two attached hydrogens (primary N) is 1. The van der Waals surface area contributed by atoms with Crippen LogP contribution < -0.4 is 5.73 Å². The maximum Gasteiger partial charge on any atom is 0.233 e. The first-order chi connectivity index (χ1) is 12.6. The lowest BCUT2D eigenvalue weighted by Crippen LogP contribution is -2.42. The number of likely N-dealkylation sites (tertiary alicyclic amines) is 1. The molecule has 2 aliphatic rings. The van der Waals surface area contributed by atoms with Gasteiger partial charge in [0.05, 0.1) is 19.0 Å². The smallest absolute Gasteiger partial charge is 0.233 e. The Labute approximate surface area is 161 Å². The predicted molar refractivity (Wildman–Crippen MR) is 101 cm³/mol. The van der Waals surface area contributed by atoms with Gasteiger partial charge < -0.3 is 20.3 Å². The Hall–Kier alpha value is -1.39. The second-order valence-electron chi connectivity index (χ2n) is 6.57. The van der Waals surface area contributed by atoms with E-state index in [0.29, 0.717) is 49.5 Å². The van der Waals surface area contributed by atoms with Crippen LogP contribution in [0.15, 0.2) is 4.34 Å². The second kappa shape index (κ2) is 9.52. The van der Waals surface area contributed by atoms with Crippen LogP contribution in [0.4, 0.5) is 5.13 Å². The summed E-state index contributed by atoms with van der Waals surface area (Å²) in [7, 11) is 0. The molecule has 1 atom stereocenters. The summed E-state index contributed by atoms with van der Waals surface area (Å²) in [5, 5.41) is 8.10. The van der Waals surface area contributed by atoms with Gasteiger partial charge in [0.1, 0.15) is 0 Å². The van der Waals surface area contributed by atoms with Crippen molar-refractivity contribution in [3.05, 3.63) is 0 Å². The zero-order valence-electron chi connectivity index (χ0n) is 14.8. The Bertz CT molecular complexity index is 621. The van der Waals surface area contributed by atoms with Gasteiger partial charge in [-0.3, -0.25) is 9.59 Å². The van der Waals surface area contributed by atoms with Crippen molar-refractivity contribution in [1.82, 2.24) is 20.0 Å². The number of carbonyl (C=O) groups is 2. The molecule has 10 heteroatoms. The topological polar surface area (TPSA) is 102 Å². The molecule has 0 unspecified atom stereocenters. The highest BCUT2D eigenvalue weighted by atomic mass is 32.2. The van der Waals surface area contributed by atoms with Crippen LogP contribution >= 0.6 is 23.1 Å². The number of rotatable bonds is 6. The first kappa shape index (κ1) is 19.4. The number of hydrogen-bond acceptors (Lipinski definition) is 8. The predicted octanol–water partition coefficient (Wildman–Crippen LogP) is 1.09. The van der Waals surface area contributed by atoms with Gasteiger partial charge in [0.15, 0.2) is 4.34 Å². The van der Waals surface area contributed by atoms with Crippen molar-refractivity contribution < 1.29 is 14.3 Å². The summed E-state index contributed by atoms with van der Waals surface area (Å²) in [5.74, 6) is 1.09. The number of amides is 2. The number of anilines is 1. The number of morpholine rings is 1. The summed E-state index contributed by atoms with van der Waals surface area (Å²) < 4.78 is 6.01. The molecular formula is C16H25N5O3S2. The Morgan fingerprint density at radius 3 is 2.73 bits per heavy atom. The number of ether oxygens (including phenoxy) is 1. The third kappa shape index (κ3) is 5.55. The van der Waals surface area contributed by atoms with E-state index < -0.39 is 0 Å². The van der Waals surface area contributed by atoms with Crippen LogP contribution in [-0.4, -0.2) is 77.0 Å². The van der Waals surface area contributed by atoms with Crippen molar-refractivity contribution >= 4 is 40.0 Å². The second-order valence-corrected chi connectivity index (χ2v) is 8.81. The van der Waals surface area contributed by atoms with Crippen LogP contribution in [0.5, 0.6) is 0 Å². The quantitative estimate of drug-likeness (QED) is 0.715. The molecule has 0 radical (unpaired) electrons. The molecule has 0 aromatic carbocycles. The van der Waals surface area contributed by atoms with Crippen molar-refractivity contribution in [2.75, 3.05) is 50.9 Å². The largest absolute Gasteiger partial charge is 0.378 e. The molecule has 1 aromatic rings. The summed E-state index contributed by atoms with van der Waals surface area (Å²) in [6, 6.07) is 0. The van der Waals surface area contributed by atoms with Crippen molar-refractivity contribution in [3.63, 3.8) is 0 Å². The minimum absolute atomic E-state index is 0.118. The lowest BCUT2D eigenvalue weighted by molar-refractivity contribution is -0.135. The van der Waals surface area contributed by atoms with E-state index in [9.17, 15) is 9.59 Å². The summed E-state index contributed by atoms with van der Waals surface area (Å²) in [6.07, 6.45) is 3.49. The van der Waals surface area contributed by atoms with Crippen LogP contribution in [0.1, 0.15) is 25.7 Å². The van der Waals surface area contributed by atoms with E-state index in [1.165, 1.54) is 23.1 Å². The zero-order valence-corrected chi connectivity index (χ0v) is 16.4. The van der Waals surface area contributed by atoms with Gasteiger partial charge in [-0.05, 0) is 25.2 Å². The van der Waals surface area contributed by atoms with Gasteiger partial charge in [-0.25, -0.2) is 0 Å². The number of nitrogens with zero attached hydrogens (tertiary/aromatic N) is 4.